The first-order valence-electron chi connectivity index (χ1n) is 7.66. The Bertz CT molecular complexity index is 467. The van der Waals surface area contributed by atoms with E-state index in [1.54, 1.807) is 0 Å². The molecule has 2 heterocycles. The zero-order chi connectivity index (χ0) is 14.2. The SMILES string of the molecule is C[N+]1(C)[C@H]2CCC[C@H]1CC(OC(=O)c1ccccc1)C2. The molecule has 0 spiro atoms. The van der Waals surface area contributed by atoms with Crippen LogP contribution >= 0.6 is 0 Å². The van der Waals surface area contributed by atoms with E-state index in [0.717, 1.165) is 17.3 Å². The molecule has 2 aliphatic rings. The summed E-state index contributed by atoms with van der Waals surface area (Å²) >= 11 is 0. The minimum Gasteiger partial charge on any atom is -0.458 e. The highest BCUT2D eigenvalue weighted by Gasteiger charge is 2.47. The zero-order valence-corrected chi connectivity index (χ0v) is 12.4. The normalized spacial score (nSPS) is 31.6. The summed E-state index contributed by atoms with van der Waals surface area (Å²) in [5, 5.41) is 0. The Labute approximate surface area is 121 Å². The van der Waals surface area contributed by atoms with E-state index in [1.807, 2.05) is 30.3 Å². The molecule has 1 aromatic carbocycles. The average Bonchev–Trinajstić information content (AvgIpc) is 2.40. The third kappa shape index (κ3) is 2.47. The smallest absolute Gasteiger partial charge is 0.338 e. The number of ether oxygens (including phenoxy) is 1. The largest absolute Gasteiger partial charge is 0.458 e. The zero-order valence-electron chi connectivity index (χ0n) is 12.4. The summed E-state index contributed by atoms with van der Waals surface area (Å²) in [6.45, 7) is 0. The Hall–Kier alpha value is -1.35. The van der Waals surface area contributed by atoms with Crippen molar-refractivity contribution < 1.29 is 14.0 Å². The number of nitrogens with zero attached hydrogens (tertiary/aromatic N) is 1. The van der Waals surface area contributed by atoms with Crippen molar-refractivity contribution in [2.45, 2.75) is 50.3 Å². The molecular formula is C17H24NO2+. The van der Waals surface area contributed by atoms with Gasteiger partial charge in [-0.05, 0) is 31.4 Å². The monoisotopic (exact) mass is 274 g/mol. The number of hydrogen-bond acceptors (Lipinski definition) is 2. The van der Waals surface area contributed by atoms with Gasteiger partial charge in [0, 0.05) is 12.8 Å². The van der Waals surface area contributed by atoms with Gasteiger partial charge in [0.25, 0.3) is 0 Å². The second-order valence-corrected chi connectivity index (χ2v) is 6.73. The maximum atomic E-state index is 12.2. The lowest BCUT2D eigenvalue weighted by Gasteiger charge is -2.52. The minimum absolute atomic E-state index is 0.101. The molecule has 0 radical (unpaired) electrons. The molecule has 2 saturated heterocycles. The number of rotatable bonds is 2. The molecule has 2 fully saturated rings. The summed E-state index contributed by atoms with van der Waals surface area (Å²) < 4.78 is 6.87. The van der Waals surface area contributed by atoms with Gasteiger partial charge in [0.05, 0.1) is 31.7 Å². The molecule has 3 rings (SSSR count). The summed E-state index contributed by atoms with van der Waals surface area (Å²) in [5.74, 6) is -0.166. The first-order chi connectivity index (χ1) is 9.57. The van der Waals surface area contributed by atoms with Crippen LogP contribution in [0.15, 0.2) is 30.3 Å². The fourth-order valence-electron chi connectivity index (χ4n) is 3.92. The fraction of sp³-hybridized carbons (Fsp3) is 0.588. The van der Waals surface area contributed by atoms with Gasteiger partial charge in [-0.1, -0.05) is 18.2 Å². The molecule has 108 valence electrons. The number of benzene rings is 1. The van der Waals surface area contributed by atoms with Crippen LogP contribution in [0, 0.1) is 0 Å². The van der Waals surface area contributed by atoms with Crippen molar-refractivity contribution in [1.29, 1.82) is 0 Å². The molecule has 3 heteroatoms. The van der Waals surface area contributed by atoms with Gasteiger partial charge in [0.1, 0.15) is 6.10 Å². The lowest BCUT2D eigenvalue weighted by atomic mass is 9.81. The van der Waals surface area contributed by atoms with Crippen LogP contribution in [0.4, 0.5) is 0 Å². The average molecular weight is 274 g/mol. The second-order valence-electron chi connectivity index (χ2n) is 6.73. The number of carbonyl (C=O) groups excluding carboxylic acids is 1. The van der Waals surface area contributed by atoms with Gasteiger partial charge in [0.15, 0.2) is 0 Å². The number of esters is 1. The van der Waals surface area contributed by atoms with Crippen LogP contribution in [0.1, 0.15) is 42.5 Å². The van der Waals surface area contributed by atoms with E-state index in [2.05, 4.69) is 14.1 Å². The van der Waals surface area contributed by atoms with Gasteiger partial charge in [0.2, 0.25) is 0 Å². The summed E-state index contributed by atoms with van der Waals surface area (Å²) in [6.07, 6.45) is 6.00. The van der Waals surface area contributed by atoms with Crippen LogP contribution in [-0.2, 0) is 4.74 Å². The van der Waals surface area contributed by atoms with E-state index >= 15 is 0 Å². The molecule has 0 N–H and O–H groups in total. The maximum Gasteiger partial charge on any atom is 0.338 e. The Morgan fingerprint density at radius 3 is 2.30 bits per heavy atom. The fourth-order valence-corrected chi connectivity index (χ4v) is 3.92. The molecule has 3 nitrogen and oxygen atoms in total. The van der Waals surface area contributed by atoms with Crippen molar-refractivity contribution in [3.8, 4) is 0 Å². The van der Waals surface area contributed by atoms with Crippen LogP contribution in [0.3, 0.4) is 0 Å². The number of carbonyl (C=O) groups is 1. The molecule has 0 saturated carbocycles. The van der Waals surface area contributed by atoms with E-state index in [0.29, 0.717) is 17.6 Å². The Balaban J connectivity index is 1.67. The highest BCUT2D eigenvalue weighted by atomic mass is 16.5. The number of piperidine rings is 2. The molecule has 2 aliphatic heterocycles. The molecule has 2 atom stereocenters. The first kappa shape index (κ1) is 13.6. The highest BCUT2D eigenvalue weighted by Crippen LogP contribution is 2.38. The molecule has 0 aliphatic carbocycles. The van der Waals surface area contributed by atoms with Crippen molar-refractivity contribution >= 4 is 5.97 Å². The minimum atomic E-state index is -0.166. The first-order valence-corrected chi connectivity index (χ1v) is 7.66. The quantitative estimate of drug-likeness (QED) is 0.612. The predicted molar refractivity (Wildman–Crippen MR) is 78.4 cm³/mol. The lowest BCUT2D eigenvalue weighted by molar-refractivity contribution is -0.950. The Morgan fingerprint density at radius 1 is 1.10 bits per heavy atom. The number of quaternary nitrogens is 1. The number of fused-ring (bicyclic) bond motifs is 2. The molecule has 0 amide bonds. The third-order valence-electron chi connectivity index (χ3n) is 5.31. The molecule has 2 bridgehead atoms. The van der Waals surface area contributed by atoms with Crippen molar-refractivity contribution in [2.75, 3.05) is 14.1 Å². The van der Waals surface area contributed by atoms with Crippen LogP contribution < -0.4 is 0 Å². The topological polar surface area (TPSA) is 26.3 Å². The van der Waals surface area contributed by atoms with Crippen molar-refractivity contribution in [1.82, 2.24) is 0 Å². The van der Waals surface area contributed by atoms with Crippen LogP contribution in [0.5, 0.6) is 0 Å². The summed E-state index contributed by atoms with van der Waals surface area (Å²) in [4.78, 5) is 12.2. The molecule has 1 aromatic rings. The van der Waals surface area contributed by atoms with Gasteiger partial charge in [-0.25, -0.2) is 4.79 Å². The maximum absolute atomic E-state index is 12.2. The summed E-state index contributed by atoms with van der Waals surface area (Å²) in [5.41, 5.74) is 0.664. The van der Waals surface area contributed by atoms with E-state index in [4.69, 9.17) is 4.74 Å². The third-order valence-corrected chi connectivity index (χ3v) is 5.31. The molecule has 0 aromatic heterocycles. The van der Waals surface area contributed by atoms with E-state index < -0.39 is 0 Å². The lowest BCUT2D eigenvalue weighted by Crippen LogP contribution is -2.63. The van der Waals surface area contributed by atoms with Crippen LogP contribution in [0.25, 0.3) is 0 Å². The predicted octanol–water partition coefficient (Wildman–Crippen LogP) is 3.00. The standard InChI is InChI=1S/C17H24NO2/c1-18(2)14-9-6-10-15(18)12-16(11-14)20-17(19)13-7-4-3-5-8-13/h3-5,7-8,14-16H,6,9-12H2,1-2H3/q+1/t14-,15-/m0/s1. The van der Waals surface area contributed by atoms with Crippen molar-refractivity contribution in [3.05, 3.63) is 35.9 Å². The van der Waals surface area contributed by atoms with Gasteiger partial charge in [-0.3, -0.25) is 0 Å². The highest BCUT2D eigenvalue weighted by molar-refractivity contribution is 5.89. The Kier molecular flexibility index (Phi) is 3.55. The van der Waals surface area contributed by atoms with Gasteiger partial charge in [-0.15, -0.1) is 0 Å². The number of hydrogen-bond donors (Lipinski definition) is 0. The van der Waals surface area contributed by atoms with E-state index in [1.165, 1.54) is 19.3 Å². The van der Waals surface area contributed by atoms with E-state index in [-0.39, 0.29) is 12.1 Å². The van der Waals surface area contributed by atoms with Gasteiger partial charge >= 0.3 is 5.97 Å². The van der Waals surface area contributed by atoms with Crippen molar-refractivity contribution in [3.63, 3.8) is 0 Å². The van der Waals surface area contributed by atoms with Crippen molar-refractivity contribution in [2.24, 2.45) is 0 Å². The Morgan fingerprint density at radius 2 is 1.70 bits per heavy atom. The molecular weight excluding hydrogens is 250 g/mol. The van der Waals surface area contributed by atoms with E-state index in [9.17, 15) is 4.79 Å². The van der Waals surface area contributed by atoms with Crippen LogP contribution in [-0.4, -0.2) is 42.7 Å². The van der Waals surface area contributed by atoms with Crippen LogP contribution in [0.2, 0.25) is 0 Å². The van der Waals surface area contributed by atoms with Gasteiger partial charge in [-0.2, -0.15) is 0 Å². The van der Waals surface area contributed by atoms with Gasteiger partial charge < -0.3 is 9.22 Å². The summed E-state index contributed by atoms with van der Waals surface area (Å²) in [6, 6.07) is 10.6. The molecule has 0 unspecified atom stereocenters. The second kappa shape index (κ2) is 5.21. The molecule has 20 heavy (non-hydrogen) atoms. The summed E-state index contributed by atoms with van der Waals surface area (Å²) in [7, 11) is 4.67.